The molecule has 0 N–H and O–H groups in total. The SMILES string of the molecule is CC=C(C#N)c1ccc(C)cc1. The molecule has 0 spiro atoms. The summed E-state index contributed by atoms with van der Waals surface area (Å²) in [7, 11) is 0. The summed E-state index contributed by atoms with van der Waals surface area (Å²) in [6.45, 7) is 3.91. The first-order valence-electron chi connectivity index (χ1n) is 3.91. The summed E-state index contributed by atoms with van der Waals surface area (Å²) >= 11 is 0. The number of aryl methyl sites for hydroxylation is 1. The molecular formula is C11H11N. The van der Waals surface area contributed by atoms with Crippen LogP contribution in [0.1, 0.15) is 18.1 Å². The molecule has 0 saturated carbocycles. The van der Waals surface area contributed by atoms with Crippen LogP contribution in [-0.2, 0) is 0 Å². The van der Waals surface area contributed by atoms with Gasteiger partial charge in [0.15, 0.2) is 0 Å². The highest BCUT2D eigenvalue weighted by Crippen LogP contribution is 2.13. The number of allylic oxidation sites excluding steroid dienone is 2. The van der Waals surface area contributed by atoms with Crippen LogP contribution in [0.2, 0.25) is 0 Å². The largest absolute Gasteiger partial charge is 0.192 e. The van der Waals surface area contributed by atoms with E-state index in [1.807, 2.05) is 44.2 Å². The van der Waals surface area contributed by atoms with Gasteiger partial charge in [-0.2, -0.15) is 5.26 Å². The van der Waals surface area contributed by atoms with E-state index in [0.29, 0.717) is 0 Å². The normalized spacial score (nSPS) is 10.9. The van der Waals surface area contributed by atoms with Crippen LogP contribution in [0.25, 0.3) is 5.57 Å². The average molecular weight is 157 g/mol. The first-order chi connectivity index (χ1) is 5.77. The molecule has 0 aromatic heterocycles. The predicted octanol–water partition coefficient (Wildman–Crippen LogP) is 2.92. The molecule has 1 nitrogen and oxygen atoms in total. The molecule has 1 rings (SSSR count). The van der Waals surface area contributed by atoms with Crippen molar-refractivity contribution in [2.45, 2.75) is 13.8 Å². The highest BCUT2D eigenvalue weighted by molar-refractivity contribution is 5.76. The molecule has 0 fully saturated rings. The Morgan fingerprint density at radius 1 is 1.33 bits per heavy atom. The monoisotopic (exact) mass is 157 g/mol. The second kappa shape index (κ2) is 3.73. The van der Waals surface area contributed by atoms with Gasteiger partial charge in [-0.1, -0.05) is 35.9 Å². The second-order valence-electron chi connectivity index (χ2n) is 2.68. The molecule has 0 heterocycles. The van der Waals surface area contributed by atoms with Gasteiger partial charge in [-0.3, -0.25) is 0 Å². The Morgan fingerprint density at radius 3 is 2.33 bits per heavy atom. The quantitative estimate of drug-likeness (QED) is 0.575. The fourth-order valence-corrected chi connectivity index (χ4v) is 1.03. The van der Waals surface area contributed by atoms with Crippen LogP contribution in [0.5, 0.6) is 0 Å². The molecule has 0 amide bonds. The summed E-state index contributed by atoms with van der Waals surface area (Å²) < 4.78 is 0. The van der Waals surface area contributed by atoms with Gasteiger partial charge in [-0.05, 0) is 19.4 Å². The highest BCUT2D eigenvalue weighted by atomic mass is 14.2. The molecule has 0 aliphatic rings. The van der Waals surface area contributed by atoms with Gasteiger partial charge in [0.1, 0.15) is 0 Å². The van der Waals surface area contributed by atoms with Crippen LogP contribution in [0.3, 0.4) is 0 Å². The molecule has 0 saturated heterocycles. The van der Waals surface area contributed by atoms with Crippen LogP contribution in [0.4, 0.5) is 0 Å². The fraction of sp³-hybridized carbons (Fsp3) is 0.182. The van der Waals surface area contributed by atoms with E-state index in [4.69, 9.17) is 5.26 Å². The van der Waals surface area contributed by atoms with Gasteiger partial charge < -0.3 is 0 Å². The summed E-state index contributed by atoms with van der Waals surface area (Å²) in [4.78, 5) is 0. The maximum atomic E-state index is 8.73. The Kier molecular flexibility index (Phi) is 2.66. The minimum atomic E-state index is 0.731. The fourth-order valence-electron chi connectivity index (χ4n) is 1.03. The van der Waals surface area contributed by atoms with Crippen LogP contribution >= 0.6 is 0 Å². The molecule has 0 unspecified atom stereocenters. The number of nitriles is 1. The van der Waals surface area contributed by atoms with E-state index < -0.39 is 0 Å². The van der Waals surface area contributed by atoms with Crippen LogP contribution < -0.4 is 0 Å². The lowest BCUT2D eigenvalue weighted by Gasteiger charge is -1.97. The van der Waals surface area contributed by atoms with E-state index in [0.717, 1.165) is 11.1 Å². The van der Waals surface area contributed by atoms with Gasteiger partial charge in [0, 0.05) is 0 Å². The van der Waals surface area contributed by atoms with E-state index in [2.05, 4.69) is 6.07 Å². The maximum absolute atomic E-state index is 8.73. The Morgan fingerprint density at radius 2 is 1.92 bits per heavy atom. The third kappa shape index (κ3) is 1.73. The summed E-state index contributed by atoms with van der Waals surface area (Å²) in [5, 5.41) is 8.73. The Hall–Kier alpha value is -1.55. The first-order valence-corrected chi connectivity index (χ1v) is 3.91. The third-order valence-electron chi connectivity index (χ3n) is 1.77. The zero-order valence-electron chi connectivity index (χ0n) is 7.33. The van der Waals surface area contributed by atoms with Gasteiger partial charge in [0.2, 0.25) is 0 Å². The number of nitrogens with zero attached hydrogens (tertiary/aromatic N) is 1. The second-order valence-corrected chi connectivity index (χ2v) is 2.68. The zero-order valence-corrected chi connectivity index (χ0v) is 7.33. The van der Waals surface area contributed by atoms with E-state index in [1.54, 1.807) is 0 Å². The van der Waals surface area contributed by atoms with E-state index in [9.17, 15) is 0 Å². The minimum Gasteiger partial charge on any atom is -0.192 e. The minimum absolute atomic E-state index is 0.731. The van der Waals surface area contributed by atoms with Crippen molar-refractivity contribution in [1.29, 1.82) is 5.26 Å². The lowest BCUT2D eigenvalue weighted by molar-refractivity contribution is 1.44. The molecule has 60 valence electrons. The van der Waals surface area contributed by atoms with Gasteiger partial charge >= 0.3 is 0 Å². The predicted molar refractivity (Wildman–Crippen MR) is 50.4 cm³/mol. The standard InChI is InChI=1S/C11H11N/c1-3-10(8-12)11-6-4-9(2)5-7-11/h3-7H,1-2H3. The van der Waals surface area contributed by atoms with Crippen LogP contribution in [-0.4, -0.2) is 0 Å². The molecule has 0 aliphatic heterocycles. The van der Waals surface area contributed by atoms with Crippen molar-refractivity contribution in [2.24, 2.45) is 0 Å². The van der Waals surface area contributed by atoms with Crippen molar-refractivity contribution >= 4 is 5.57 Å². The third-order valence-corrected chi connectivity index (χ3v) is 1.77. The van der Waals surface area contributed by atoms with Crippen LogP contribution in [0, 0.1) is 18.3 Å². The molecular weight excluding hydrogens is 146 g/mol. The zero-order chi connectivity index (χ0) is 8.97. The lowest BCUT2D eigenvalue weighted by Crippen LogP contribution is -1.80. The topological polar surface area (TPSA) is 23.8 Å². The van der Waals surface area contributed by atoms with Gasteiger partial charge in [-0.15, -0.1) is 0 Å². The molecule has 1 heteroatoms. The van der Waals surface area contributed by atoms with E-state index in [-0.39, 0.29) is 0 Å². The van der Waals surface area contributed by atoms with Crippen molar-refractivity contribution < 1.29 is 0 Å². The van der Waals surface area contributed by atoms with Crippen molar-refractivity contribution in [3.63, 3.8) is 0 Å². The summed E-state index contributed by atoms with van der Waals surface area (Å²) in [6.07, 6.45) is 1.82. The average Bonchev–Trinajstić information content (AvgIpc) is 2.10. The molecule has 0 bridgehead atoms. The molecule has 1 aromatic carbocycles. The lowest BCUT2D eigenvalue weighted by atomic mass is 10.1. The smallest absolute Gasteiger partial charge is 0.0994 e. The van der Waals surface area contributed by atoms with Crippen LogP contribution in [0.15, 0.2) is 30.3 Å². The summed E-state index contributed by atoms with van der Waals surface area (Å²) in [5.74, 6) is 0. The number of benzene rings is 1. The Balaban J connectivity index is 3.06. The highest BCUT2D eigenvalue weighted by Gasteiger charge is 1.96. The maximum Gasteiger partial charge on any atom is 0.0994 e. The first kappa shape index (κ1) is 8.55. The van der Waals surface area contributed by atoms with Crippen molar-refractivity contribution in [1.82, 2.24) is 0 Å². The van der Waals surface area contributed by atoms with E-state index >= 15 is 0 Å². The number of hydrogen-bond donors (Lipinski definition) is 0. The summed E-state index contributed by atoms with van der Waals surface area (Å²) in [6, 6.07) is 10.1. The molecule has 0 atom stereocenters. The van der Waals surface area contributed by atoms with E-state index in [1.165, 1.54) is 5.56 Å². The van der Waals surface area contributed by atoms with Crippen molar-refractivity contribution in [3.05, 3.63) is 41.5 Å². The number of rotatable bonds is 1. The van der Waals surface area contributed by atoms with Crippen molar-refractivity contribution in [2.75, 3.05) is 0 Å². The van der Waals surface area contributed by atoms with Gasteiger partial charge in [-0.25, -0.2) is 0 Å². The van der Waals surface area contributed by atoms with Gasteiger partial charge in [0.25, 0.3) is 0 Å². The summed E-state index contributed by atoms with van der Waals surface area (Å²) in [5.41, 5.74) is 2.94. The number of hydrogen-bond acceptors (Lipinski definition) is 1. The Bertz CT molecular complexity index is 325. The van der Waals surface area contributed by atoms with Crippen molar-refractivity contribution in [3.8, 4) is 6.07 Å². The molecule has 12 heavy (non-hydrogen) atoms. The molecule has 0 radical (unpaired) electrons. The Labute approximate surface area is 73.0 Å². The van der Waals surface area contributed by atoms with Gasteiger partial charge in [0.05, 0.1) is 11.6 Å². The molecule has 0 aliphatic carbocycles. The molecule has 1 aromatic rings.